The van der Waals surface area contributed by atoms with Crippen LogP contribution in [-0.4, -0.2) is 56.5 Å². The highest BCUT2D eigenvalue weighted by Gasteiger charge is 2.18. The molecule has 4 nitrogen and oxygen atoms in total. The lowest BCUT2D eigenvalue weighted by Crippen LogP contribution is -2.39. The summed E-state index contributed by atoms with van der Waals surface area (Å²) in [5.74, 6) is 0.148. The normalized spacial score (nSPS) is 12.5. The maximum Gasteiger partial charge on any atom is 0.236 e. The molecule has 19 heavy (non-hydrogen) atoms. The first-order valence-corrected chi connectivity index (χ1v) is 6.70. The summed E-state index contributed by atoms with van der Waals surface area (Å²) in [6.45, 7) is 4.27. The molecule has 106 valence electrons. The van der Waals surface area contributed by atoms with E-state index in [0.717, 1.165) is 18.7 Å². The molecule has 0 saturated carbocycles. The lowest BCUT2D eigenvalue weighted by atomic mass is 10.1. The van der Waals surface area contributed by atoms with Crippen molar-refractivity contribution < 1.29 is 4.79 Å². The molecule has 1 rings (SSSR count). The summed E-state index contributed by atoms with van der Waals surface area (Å²) in [4.78, 5) is 16.0. The van der Waals surface area contributed by atoms with Gasteiger partial charge in [0.25, 0.3) is 0 Å². The number of nitrogens with zero attached hydrogens (tertiary/aromatic N) is 2. The molecule has 0 fully saturated rings. The van der Waals surface area contributed by atoms with Gasteiger partial charge in [-0.3, -0.25) is 9.69 Å². The van der Waals surface area contributed by atoms with E-state index < -0.39 is 0 Å². The molecular formula is C15H25N3O. The Balaban J connectivity index is 2.52. The van der Waals surface area contributed by atoms with Crippen LogP contribution in [0.2, 0.25) is 0 Å². The van der Waals surface area contributed by atoms with Crippen molar-refractivity contribution in [3.8, 4) is 0 Å². The smallest absolute Gasteiger partial charge is 0.236 e. The standard InChI is InChI=1S/C15H25N3O/c1-13(14-8-6-5-7-9-14)18(4)15(19)12-17(3)11-10-16-2/h5-9,13,16H,10-12H2,1-4H3. The maximum atomic E-state index is 12.2. The average molecular weight is 263 g/mol. The highest BCUT2D eigenvalue weighted by Crippen LogP contribution is 2.18. The number of carbonyl (C=O) groups excluding carboxylic acids is 1. The van der Waals surface area contributed by atoms with E-state index in [1.54, 1.807) is 0 Å². The fourth-order valence-electron chi connectivity index (χ4n) is 1.90. The van der Waals surface area contributed by atoms with Crippen molar-refractivity contribution in [1.82, 2.24) is 15.1 Å². The minimum Gasteiger partial charge on any atom is -0.338 e. The molecule has 1 atom stereocenters. The van der Waals surface area contributed by atoms with E-state index in [-0.39, 0.29) is 11.9 Å². The van der Waals surface area contributed by atoms with E-state index in [1.165, 1.54) is 0 Å². The van der Waals surface area contributed by atoms with E-state index in [2.05, 4.69) is 24.4 Å². The molecule has 0 heterocycles. The first-order valence-electron chi connectivity index (χ1n) is 6.70. The summed E-state index contributed by atoms with van der Waals surface area (Å²) < 4.78 is 0. The lowest BCUT2D eigenvalue weighted by molar-refractivity contribution is -0.132. The van der Waals surface area contributed by atoms with Crippen molar-refractivity contribution in [2.24, 2.45) is 0 Å². The van der Waals surface area contributed by atoms with Crippen molar-refractivity contribution >= 4 is 5.91 Å². The highest BCUT2D eigenvalue weighted by molar-refractivity contribution is 5.78. The zero-order valence-electron chi connectivity index (χ0n) is 12.4. The Morgan fingerprint density at radius 3 is 2.47 bits per heavy atom. The monoisotopic (exact) mass is 263 g/mol. The van der Waals surface area contributed by atoms with E-state index >= 15 is 0 Å². The van der Waals surface area contributed by atoms with Gasteiger partial charge in [-0.05, 0) is 26.6 Å². The summed E-state index contributed by atoms with van der Waals surface area (Å²) in [5, 5.41) is 3.08. The van der Waals surface area contributed by atoms with Crippen LogP contribution in [0.1, 0.15) is 18.5 Å². The minimum atomic E-state index is 0.103. The predicted molar refractivity (Wildman–Crippen MR) is 79.1 cm³/mol. The Morgan fingerprint density at radius 2 is 1.89 bits per heavy atom. The van der Waals surface area contributed by atoms with Gasteiger partial charge in [0, 0.05) is 20.1 Å². The first-order chi connectivity index (χ1) is 9.06. The second kappa shape index (κ2) is 7.92. The molecule has 0 bridgehead atoms. The van der Waals surface area contributed by atoms with Gasteiger partial charge < -0.3 is 10.2 Å². The van der Waals surface area contributed by atoms with Crippen LogP contribution in [0, 0.1) is 0 Å². The van der Waals surface area contributed by atoms with Gasteiger partial charge in [-0.25, -0.2) is 0 Å². The first kappa shape index (κ1) is 15.7. The summed E-state index contributed by atoms with van der Waals surface area (Å²) in [7, 11) is 5.75. The molecular weight excluding hydrogens is 238 g/mol. The van der Waals surface area contributed by atoms with Crippen LogP contribution in [0.3, 0.4) is 0 Å². The van der Waals surface area contributed by atoms with Crippen LogP contribution in [-0.2, 0) is 4.79 Å². The summed E-state index contributed by atoms with van der Waals surface area (Å²) in [6.07, 6.45) is 0. The summed E-state index contributed by atoms with van der Waals surface area (Å²) in [5.41, 5.74) is 1.16. The van der Waals surface area contributed by atoms with Gasteiger partial charge in [-0.15, -0.1) is 0 Å². The third-order valence-corrected chi connectivity index (χ3v) is 3.41. The second-order valence-electron chi connectivity index (χ2n) is 4.93. The molecule has 1 aromatic rings. The van der Waals surface area contributed by atoms with Crippen LogP contribution in [0.4, 0.5) is 0 Å². The quantitative estimate of drug-likeness (QED) is 0.807. The molecule has 0 radical (unpaired) electrons. The fraction of sp³-hybridized carbons (Fsp3) is 0.533. The SMILES string of the molecule is CNCCN(C)CC(=O)N(C)C(C)c1ccccc1. The van der Waals surface area contributed by atoms with E-state index in [9.17, 15) is 4.79 Å². The number of carbonyl (C=O) groups is 1. The Bertz CT molecular complexity index is 380. The Morgan fingerprint density at radius 1 is 1.26 bits per heavy atom. The zero-order chi connectivity index (χ0) is 14.3. The largest absolute Gasteiger partial charge is 0.338 e. The number of likely N-dealkylation sites (N-methyl/N-ethyl adjacent to an activating group) is 3. The number of rotatable bonds is 7. The molecule has 0 aromatic heterocycles. The van der Waals surface area contributed by atoms with Gasteiger partial charge in [-0.2, -0.15) is 0 Å². The van der Waals surface area contributed by atoms with Crippen LogP contribution in [0.25, 0.3) is 0 Å². The van der Waals surface area contributed by atoms with Crippen LogP contribution >= 0.6 is 0 Å². The lowest BCUT2D eigenvalue weighted by Gasteiger charge is -2.27. The molecule has 1 amide bonds. The predicted octanol–water partition coefficient (Wildman–Crippen LogP) is 1.36. The van der Waals surface area contributed by atoms with Crippen molar-refractivity contribution in [3.63, 3.8) is 0 Å². The van der Waals surface area contributed by atoms with Crippen LogP contribution in [0.5, 0.6) is 0 Å². The summed E-state index contributed by atoms with van der Waals surface area (Å²) in [6, 6.07) is 10.2. The van der Waals surface area contributed by atoms with Crippen molar-refractivity contribution in [1.29, 1.82) is 0 Å². The van der Waals surface area contributed by atoms with Gasteiger partial charge in [0.2, 0.25) is 5.91 Å². The highest BCUT2D eigenvalue weighted by atomic mass is 16.2. The van der Waals surface area contributed by atoms with Crippen molar-refractivity contribution in [2.75, 3.05) is 40.8 Å². The third-order valence-electron chi connectivity index (χ3n) is 3.41. The molecule has 1 N–H and O–H groups in total. The van der Waals surface area contributed by atoms with Gasteiger partial charge in [0.05, 0.1) is 12.6 Å². The van der Waals surface area contributed by atoms with E-state index in [0.29, 0.717) is 6.54 Å². The fourth-order valence-corrected chi connectivity index (χ4v) is 1.90. The minimum absolute atomic E-state index is 0.103. The molecule has 4 heteroatoms. The summed E-state index contributed by atoms with van der Waals surface area (Å²) >= 11 is 0. The van der Waals surface area contributed by atoms with Crippen molar-refractivity contribution in [3.05, 3.63) is 35.9 Å². The number of hydrogen-bond acceptors (Lipinski definition) is 3. The molecule has 1 aromatic carbocycles. The Kier molecular flexibility index (Phi) is 6.53. The average Bonchev–Trinajstić information content (AvgIpc) is 2.44. The van der Waals surface area contributed by atoms with E-state index in [4.69, 9.17) is 0 Å². The van der Waals surface area contributed by atoms with Crippen LogP contribution < -0.4 is 5.32 Å². The zero-order valence-corrected chi connectivity index (χ0v) is 12.4. The Labute approximate surface area is 116 Å². The molecule has 0 aliphatic rings. The van der Waals surface area contributed by atoms with Gasteiger partial charge in [-0.1, -0.05) is 30.3 Å². The molecule has 0 aliphatic carbocycles. The number of benzene rings is 1. The topological polar surface area (TPSA) is 35.6 Å². The van der Waals surface area contributed by atoms with Gasteiger partial charge in [0.15, 0.2) is 0 Å². The molecule has 1 unspecified atom stereocenters. The number of nitrogens with one attached hydrogen (secondary N) is 1. The van der Waals surface area contributed by atoms with Crippen LogP contribution in [0.15, 0.2) is 30.3 Å². The van der Waals surface area contributed by atoms with E-state index in [1.807, 2.05) is 49.1 Å². The molecule has 0 saturated heterocycles. The number of amides is 1. The van der Waals surface area contributed by atoms with Gasteiger partial charge >= 0.3 is 0 Å². The van der Waals surface area contributed by atoms with Crippen molar-refractivity contribution in [2.45, 2.75) is 13.0 Å². The Hall–Kier alpha value is -1.39. The third kappa shape index (κ3) is 5.01. The number of hydrogen-bond donors (Lipinski definition) is 1. The molecule has 0 aliphatic heterocycles. The second-order valence-corrected chi connectivity index (χ2v) is 4.93. The maximum absolute atomic E-state index is 12.2. The van der Waals surface area contributed by atoms with Gasteiger partial charge in [0.1, 0.15) is 0 Å². The molecule has 0 spiro atoms.